The molecule has 16 heavy (non-hydrogen) atoms. The van der Waals surface area contributed by atoms with E-state index < -0.39 is 0 Å². The Balaban J connectivity index is 1.84. The zero-order valence-corrected chi connectivity index (χ0v) is 10.3. The highest BCUT2D eigenvalue weighted by Crippen LogP contribution is 2.13. The fourth-order valence-corrected chi connectivity index (χ4v) is 2.48. The maximum atomic E-state index is 4.26. The molecule has 2 rings (SSSR count). The fourth-order valence-electron chi connectivity index (χ4n) is 2.48. The van der Waals surface area contributed by atoms with Gasteiger partial charge in [-0.05, 0) is 31.8 Å². The van der Waals surface area contributed by atoms with Crippen LogP contribution < -0.4 is 5.32 Å². The fraction of sp³-hybridized carbons (Fsp3) is 0.750. The molecule has 1 N–H and O–H groups in total. The van der Waals surface area contributed by atoms with Crippen LogP contribution in [0.25, 0.3) is 0 Å². The SMILES string of the molecule is CNc1nccn1CC(C)CN1CCCC1. The maximum absolute atomic E-state index is 4.26. The molecule has 1 aliphatic rings. The molecule has 0 aliphatic carbocycles. The summed E-state index contributed by atoms with van der Waals surface area (Å²) in [6.45, 7) is 7.14. The summed E-state index contributed by atoms with van der Waals surface area (Å²) in [5.41, 5.74) is 0. The zero-order valence-electron chi connectivity index (χ0n) is 10.3. The van der Waals surface area contributed by atoms with Crippen molar-refractivity contribution in [3.63, 3.8) is 0 Å². The van der Waals surface area contributed by atoms with Crippen molar-refractivity contribution in [3.8, 4) is 0 Å². The standard InChI is InChI=1S/C12H22N4/c1-11(9-15-6-3-4-7-15)10-16-8-5-14-12(16)13-2/h5,8,11H,3-4,6-7,9-10H2,1-2H3,(H,13,14). The van der Waals surface area contributed by atoms with Gasteiger partial charge in [-0.3, -0.25) is 0 Å². The van der Waals surface area contributed by atoms with Gasteiger partial charge in [0.25, 0.3) is 0 Å². The maximum Gasteiger partial charge on any atom is 0.202 e. The topological polar surface area (TPSA) is 33.1 Å². The molecule has 0 amide bonds. The van der Waals surface area contributed by atoms with Crippen LogP contribution in [-0.4, -0.2) is 41.1 Å². The van der Waals surface area contributed by atoms with E-state index in [1.165, 1.54) is 32.5 Å². The summed E-state index contributed by atoms with van der Waals surface area (Å²) in [6.07, 6.45) is 6.65. The van der Waals surface area contributed by atoms with Gasteiger partial charge in [-0.25, -0.2) is 4.98 Å². The highest BCUT2D eigenvalue weighted by molar-refractivity contribution is 5.24. The van der Waals surface area contributed by atoms with Crippen LogP contribution in [0.3, 0.4) is 0 Å². The van der Waals surface area contributed by atoms with E-state index in [9.17, 15) is 0 Å². The molecule has 4 nitrogen and oxygen atoms in total. The molecule has 0 radical (unpaired) electrons. The van der Waals surface area contributed by atoms with Crippen LogP contribution >= 0.6 is 0 Å². The van der Waals surface area contributed by atoms with Gasteiger partial charge >= 0.3 is 0 Å². The second kappa shape index (κ2) is 5.34. The minimum absolute atomic E-state index is 0.680. The molecule has 4 heteroatoms. The van der Waals surface area contributed by atoms with Gasteiger partial charge in [-0.15, -0.1) is 0 Å². The lowest BCUT2D eigenvalue weighted by Gasteiger charge is -2.21. The summed E-state index contributed by atoms with van der Waals surface area (Å²) in [4.78, 5) is 6.83. The second-order valence-electron chi connectivity index (χ2n) is 4.77. The summed E-state index contributed by atoms with van der Waals surface area (Å²) in [6, 6.07) is 0. The average Bonchev–Trinajstić information content (AvgIpc) is 2.88. The van der Waals surface area contributed by atoms with Crippen molar-refractivity contribution in [2.45, 2.75) is 26.3 Å². The summed E-state index contributed by atoms with van der Waals surface area (Å²) < 4.78 is 2.20. The molecule has 1 aromatic heterocycles. The average molecular weight is 222 g/mol. The third-order valence-corrected chi connectivity index (χ3v) is 3.22. The highest BCUT2D eigenvalue weighted by Gasteiger charge is 2.15. The minimum atomic E-state index is 0.680. The molecule has 1 saturated heterocycles. The minimum Gasteiger partial charge on any atom is -0.359 e. The Labute approximate surface area is 97.7 Å². The van der Waals surface area contributed by atoms with E-state index in [1.807, 2.05) is 19.4 Å². The Morgan fingerprint density at radius 2 is 2.12 bits per heavy atom. The van der Waals surface area contributed by atoms with E-state index in [0.29, 0.717) is 5.92 Å². The van der Waals surface area contributed by atoms with Crippen molar-refractivity contribution >= 4 is 5.95 Å². The number of hydrogen-bond acceptors (Lipinski definition) is 3. The number of anilines is 1. The molecular formula is C12H22N4. The van der Waals surface area contributed by atoms with Crippen LogP contribution in [0.1, 0.15) is 19.8 Å². The van der Waals surface area contributed by atoms with Crippen LogP contribution in [0.5, 0.6) is 0 Å². The molecule has 90 valence electrons. The third-order valence-electron chi connectivity index (χ3n) is 3.22. The third kappa shape index (κ3) is 2.76. The van der Waals surface area contributed by atoms with E-state index in [2.05, 4.69) is 26.7 Å². The zero-order chi connectivity index (χ0) is 11.4. The number of imidazole rings is 1. The number of hydrogen-bond donors (Lipinski definition) is 1. The predicted molar refractivity (Wildman–Crippen MR) is 66.6 cm³/mol. The molecule has 1 aliphatic heterocycles. The van der Waals surface area contributed by atoms with Gasteiger partial charge in [0, 0.05) is 32.5 Å². The quantitative estimate of drug-likeness (QED) is 0.822. The first-order chi connectivity index (χ1) is 7.79. The van der Waals surface area contributed by atoms with E-state index in [4.69, 9.17) is 0 Å². The van der Waals surface area contributed by atoms with Crippen molar-refractivity contribution in [1.82, 2.24) is 14.5 Å². The van der Waals surface area contributed by atoms with E-state index >= 15 is 0 Å². The van der Waals surface area contributed by atoms with Crippen LogP contribution in [-0.2, 0) is 6.54 Å². The van der Waals surface area contributed by atoms with Gasteiger partial charge < -0.3 is 14.8 Å². The summed E-state index contributed by atoms with van der Waals surface area (Å²) in [5, 5.41) is 3.11. The highest BCUT2D eigenvalue weighted by atomic mass is 15.2. The molecule has 1 fully saturated rings. The molecule has 0 bridgehead atoms. The Bertz CT molecular complexity index is 315. The van der Waals surface area contributed by atoms with Crippen molar-refractivity contribution in [2.75, 3.05) is 32.0 Å². The number of aromatic nitrogens is 2. The molecular weight excluding hydrogens is 200 g/mol. The Kier molecular flexibility index (Phi) is 3.83. The molecule has 0 spiro atoms. The van der Waals surface area contributed by atoms with Crippen molar-refractivity contribution in [2.24, 2.45) is 5.92 Å². The van der Waals surface area contributed by atoms with Crippen LogP contribution in [0.15, 0.2) is 12.4 Å². The van der Waals surface area contributed by atoms with Gasteiger partial charge in [0.1, 0.15) is 0 Å². The van der Waals surface area contributed by atoms with Gasteiger partial charge in [0.15, 0.2) is 0 Å². The largest absolute Gasteiger partial charge is 0.359 e. The van der Waals surface area contributed by atoms with Crippen LogP contribution in [0.2, 0.25) is 0 Å². The molecule has 0 saturated carbocycles. The van der Waals surface area contributed by atoms with Crippen molar-refractivity contribution < 1.29 is 0 Å². The molecule has 1 aromatic rings. The monoisotopic (exact) mass is 222 g/mol. The number of nitrogens with zero attached hydrogens (tertiary/aromatic N) is 3. The van der Waals surface area contributed by atoms with E-state index in [-0.39, 0.29) is 0 Å². The lowest BCUT2D eigenvalue weighted by Crippen LogP contribution is -2.27. The van der Waals surface area contributed by atoms with E-state index in [1.54, 1.807) is 0 Å². The first-order valence-corrected chi connectivity index (χ1v) is 6.21. The number of rotatable bonds is 5. The van der Waals surface area contributed by atoms with Crippen molar-refractivity contribution in [1.29, 1.82) is 0 Å². The van der Waals surface area contributed by atoms with Gasteiger partial charge in [0.05, 0.1) is 0 Å². The molecule has 1 unspecified atom stereocenters. The van der Waals surface area contributed by atoms with Gasteiger partial charge in [0.2, 0.25) is 5.95 Å². The molecule has 0 aromatic carbocycles. The normalized spacial score (nSPS) is 18.9. The molecule has 2 heterocycles. The van der Waals surface area contributed by atoms with Gasteiger partial charge in [-0.2, -0.15) is 0 Å². The van der Waals surface area contributed by atoms with Crippen LogP contribution in [0.4, 0.5) is 5.95 Å². The summed E-state index contributed by atoms with van der Waals surface area (Å²) >= 11 is 0. The summed E-state index contributed by atoms with van der Waals surface area (Å²) in [7, 11) is 1.92. The smallest absolute Gasteiger partial charge is 0.202 e. The summed E-state index contributed by atoms with van der Waals surface area (Å²) in [5.74, 6) is 1.65. The number of likely N-dealkylation sites (tertiary alicyclic amines) is 1. The predicted octanol–water partition coefficient (Wildman–Crippen LogP) is 1.66. The Hall–Kier alpha value is -1.03. The lowest BCUT2D eigenvalue weighted by atomic mass is 10.1. The lowest BCUT2D eigenvalue weighted by molar-refractivity contribution is 0.272. The number of nitrogens with one attached hydrogen (secondary N) is 1. The van der Waals surface area contributed by atoms with E-state index in [0.717, 1.165) is 12.5 Å². The first kappa shape index (κ1) is 11.5. The first-order valence-electron chi connectivity index (χ1n) is 6.21. The van der Waals surface area contributed by atoms with Crippen LogP contribution in [0, 0.1) is 5.92 Å². The molecule has 1 atom stereocenters. The van der Waals surface area contributed by atoms with Crippen molar-refractivity contribution in [3.05, 3.63) is 12.4 Å². The van der Waals surface area contributed by atoms with Gasteiger partial charge in [-0.1, -0.05) is 6.92 Å². The second-order valence-corrected chi connectivity index (χ2v) is 4.77. The Morgan fingerprint density at radius 3 is 2.81 bits per heavy atom. The Morgan fingerprint density at radius 1 is 1.38 bits per heavy atom.